The highest BCUT2D eigenvalue weighted by Gasteiger charge is 2.14. The van der Waals surface area contributed by atoms with Crippen LogP contribution in [-0.2, 0) is 5.41 Å². The van der Waals surface area contributed by atoms with Gasteiger partial charge in [-0.05, 0) is 30.0 Å². The lowest BCUT2D eigenvalue weighted by Gasteiger charge is -2.21. The van der Waals surface area contributed by atoms with Gasteiger partial charge >= 0.3 is 0 Å². The smallest absolute Gasteiger partial charge is 0.120 e. The standard InChI is InChI=1S/C16H27NO/c1-12(2)17-11-13(3)18-15-9-7-8-14(10-15)16(4,5)6/h7-10,12-13,17H,11H2,1-6H3/t13-/m1/s1. The molecular weight excluding hydrogens is 222 g/mol. The predicted octanol–water partition coefficient (Wildman–Crippen LogP) is 3.75. The van der Waals surface area contributed by atoms with E-state index in [0.717, 1.165) is 12.3 Å². The highest BCUT2D eigenvalue weighted by atomic mass is 16.5. The molecule has 0 aromatic heterocycles. The molecule has 18 heavy (non-hydrogen) atoms. The van der Waals surface area contributed by atoms with Crippen molar-refractivity contribution in [1.82, 2.24) is 5.32 Å². The molecule has 0 aliphatic heterocycles. The number of hydrogen-bond acceptors (Lipinski definition) is 2. The molecule has 1 aromatic carbocycles. The number of benzene rings is 1. The van der Waals surface area contributed by atoms with E-state index in [0.29, 0.717) is 6.04 Å². The molecule has 0 aliphatic rings. The minimum atomic E-state index is 0.165. The Morgan fingerprint density at radius 2 is 1.83 bits per heavy atom. The summed E-state index contributed by atoms with van der Waals surface area (Å²) in [6.45, 7) is 13.9. The van der Waals surface area contributed by atoms with Crippen LogP contribution in [-0.4, -0.2) is 18.7 Å². The lowest BCUT2D eigenvalue weighted by molar-refractivity contribution is 0.213. The third kappa shape index (κ3) is 5.09. The van der Waals surface area contributed by atoms with Crippen molar-refractivity contribution in [3.05, 3.63) is 29.8 Å². The molecule has 0 amide bonds. The SMILES string of the molecule is CC(C)NC[C@@H](C)Oc1cccc(C(C)(C)C)c1. The molecule has 0 fully saturated rings. The summed E-state index contributed by atoms with van der Waals surface area (Å²) in [5, 5.41) is 3.39. The average molecular weight is 249 g/mol. The van der Waals surface area contributed by atoms with Gasteiger partial charge in [0.1, 0.15) is 11.9 Å². The van der Waals surface area contributed by atoms with E-state index in [1.165, 1.54) is 5.56 Å². The zero-order chi connectivity index (χ0) is 13.8. The quantitative estimate of drug-likeness (QED) is 0.858. The summed E-state index contributed by atoms with van der Waals surface area (Å²) in [7, 11) is 0. The van der Waals surface area contributed by atoms with Crippen LogP contribution in [0.5, 0.6) is 5.75 Å². The first-order valence-corrected chi connectivity index (χ1v) is 6.79. The first-order valence-electron chi connectivity index (χ1n) is 6.79. The third-order valence-electron chi connectivity index (χ3n) is 2.85. The van der Waals surface area contributed by atoms with Gasteiger partial charge in [0.05, 0.1) is 0 Å². The van der Waals surface area contributed by atoms with E-state index >= 15 is 0 Å². The van der Waals surface area contributed by atoms with Crippen LogP contribution in [0.3, 0.4) is 0 Å². The molecule has 2 heteroatoms. The highest BCUT2D eigenvalue weighted by molar-refractivity contribution is 5.32. The minimum absolute atomic E-state index is 0.165. The summed E-state index contributed by atoms with van der Waals surface area (Å²) in [6.07, 6.45) is 0.183. The van der Waals surface area contributed by atoms with Crippen molar-refractivity contribution in [1.29, 1.82) is 0 Å². The maximum atomic E-state index is 5.94. The van der Waals surface area contributed by atoms with Crippen LogP contribution < -0.4 is 10.1 Å². The van der Waals surface area contributed by atoms with E-state index in [2.05, 4.69) is 65.1 Å². The molecule has 0 aliphatic carbocycles. The lowest BCUT2D eigenvalue weighted by Crippen LogP contribution is -2.33. The largest absolute Gasteiger partial charge is 0.489 e. The Morgan fingerprint density at radius 3 is 2.39 bits per heavy atom. The van der Waals surface area contributed by atoms with Gasteiger partial charge in [-0.2, -0.15) is 0 Å². The van der Waals surface area contributed by atoms with Crippen molar-refractivity contribution in [2.75, 3.05) is 6.54 Å². The van der Waals surface area contributed by atoms with Gasteiger partial charge in [-0.25, -0.2) is 0 Å². The summed E-state index contributed by atoms with van der Waals surface area (Å²) >= 11 is 0. The fourth-order valence-corrected chi connectivity index (χ4v) is 1.71. The van der Waals surface area contributed by atoms with Gasteiger partial charge in [0.15, 0.2) is 0 Å². The van der Waals surface area contributed by atoms with Gasteiger partial charge < -0.3 is 10.1 Å². The Kier molecular flexibility index (Phi) is 5.21. The van der Waals surface area contributed by atoms with Crippen LogP contribution in [0.1, 0.15) is 47.1 Å². The zero-order valence-electron chi connectivity index (χ0n) is 12.6. The molecule has 0 radical (unpaired) electrons. The molecule has 0 spiro atoms. The summed E-state index contributed by atoms with van der Waals surface area (Å²) in [4.78, 5) is 0. The van der Waals surface area contributed by atoms with Crippen LogP contribution >= 0.6 is 0 Å². The third-order valence-corrected chi connectivity index (χ3v) is 2.85. The van der Waals surface area contributed by atoms with Gasteiger partial charge in [0, 0.05) is 12.6 Å². The minimum Gasteiger partial charge on any atom is -0.489 e. The van der Waals surface area contributed by atoms with Gasteiger partial charge in [0.25, 0.3) is 0 Å². The molecule has 0 saturated heterocycles. The number of ether oxygens (including phenoxy) is 1. The van der Waals surface area contributed by atoms with Crippen molar-refractivity contribution in [2.45, 2.75) is 59.1 Å². The van der Waals surface area contributed by atoms with Gasteiger partial charge in [-0.1, -0.05) is 46.8 Å². The number of rotatable bonds is 5. The van der Waals surface area contributed by atoms with Crippen LogP contribution in [0.4, 0.5) is 0 Å². The summed E-state index contributed by atoms with van der Waals surface area (Å²) in [6, 6.07) is 8.90. The molecule has 1 N–H and O–H groups in total. The molecule has 0 unspecified atom stereocenters. The van der Waals surface area contributed by atoms with E-state index in [-0.39, 0.29) is 11.5 Å². The molecule has 102 valence electrons. The van der Waals surface area contributed by atoms with Gasteiger partial charge in [0.2, 0.25) is 0 Å². The number of hydrogen-bond donors (Lipinski definition) is 1. The van der Waals surface area contributed by atoms with Crippen molar-refractivity contribution in [2.24, 2.45) is 0 Å². The first kappa shape index (κ1) is 15.0. The molecule has 2 nitrogen and oxygen atoms in total. The Labute approximate surface area is 112 Å². The average Bonchev–Trinajstić information content (AvgIpc) is 2.25. The van der Waals surface area contributed by atoms with E-state index < -0.39 is 0 Å². The van der Waals surface area contributed by atoms with Crippen molar-refractivity contribution >= 4 is 0 Å². The maximum Gasteiger partial charge on any atom is 0.120 e. The maximum absolute atomic E-state index is 5.94. The fourth-order valence-electron chi connectivity index (χ4n) is 1.71. The van der Waals surface area contributed by atoms with Crippen LogP contribution in [0.2, 0.25) is 0 Å². The summed E-state index contributed by atoms with van der Waals surface area (Å²) in [5.74, 6) is 0.959. The molecule has 0 bridgehead atoms. The summed E-state index contributed by atoms with van der Waals surface area (Å²) < 4.78 is 5.94. The van der Waals surface area contributed by atoms with Gasteiger partial charge in [-0.15, -0.1) is 0 Å². The van der Waals surface area contributed by atoms with E-state index in [9.17, 15) is 0 Å². The monoisotopic (exact) mass is 249 g/mol. The van der Waals surface area contributed by atoms with Crippen LogP contribution in [0.25, 0.3) is 0 Å². The van der Waals surface area contributed by atoms with E-state index in [1.807, 2.05) is 6.07 Å². The second-order valence-electron chi connectivity index (χ2n) is 6.27. The Hall–Kier alpha value is -1.02. The number of nitrogens with one attached hydrogen (secondary N) is 1. The zero-order valence-corrected chi connectivity index (χ0v) is 12.6. The molecule has 0 heterocycles. The highest BCUT2D eigenvalue weighted by Crippen LogP contribution is 2.25. The normalized spacial score (nSPS) is 13.7. The van der Waals surface area contributed by atoms with Crippen LogP contribution in [0.15, 0.2) is 24.3 Å². The molecular formula is C16H27NO. The summed E-state index contributed by atoms with van der Waals surface area (Å²) in [5.41, 5.74) is 1.47. The van der Waals surface area contributed by atoms with Crippen LogP contribution in [0, 0.1) is 0 Å². The van der Waals surface area contributed by atoms with Crippen molar-refractivity contribution in [3.8, 4) is 5.75 Å². The lowest BCUT2D eigenvalue weighted by atomic mass is 9.87. The van der Waals surface area contributed by atoms with Crippen molar-refractivity contribution < 1.29 is 4.74 Å². The molecule has 0 saturated carbocycles. The Balaban J connectivity index is 2.62. The Bertz CT molecular complexity index is 366. The van der Waals surface area contributed by atoms with E-state index in [4.69, 9.17) is 4.74 Å². The second kappa shape index (κ2) is 6.24. The fraction of sp³-hybridized carbons (Fsp3) is 0.625. The van der Waals surface area contributed by atoms with Crippen molar-refractivity contribution in [3.63, 3.8) is 0 Å². The molecule has 1 rings (SSSR count). The Morgan fingerprint density at radius 1 is 1.17 bits per heavy atom. The topological polar surface area (TPSA) is 21.3 Å². The first-order chi connectivity index (χ1) is 8.29. The van der Waals surface area contributed by atoms with E-state index in [1.54, 1.807) is 0 Å². The second-order valence-corrected chi connectivity index (χ2v) is 6.27. The molecule has 1 aromatic rings. The predicted molar refractivity (Wildman–Crippen MR) is 78.4 cm³/mol. The van der Waals surface area contributed by atoms with Gasteiger partial charge in [-0.3, -0.25) is 0 Å². The molecule has 1 atom stereocenters.